The fraction of sp³-hybridized carbons (Fsp3) is 0.800. The highest BCUT2D eigenvalue weighted by Gasteiger charge is 2.27. The maximum absolute atomic E-state index is 10.9. The van der Waals surface area contributed by atoms with Crippen molar-refractivity contribution in [2.45, 2.75) is 31.0 Å². The van der Waals surface area contributed by atoms with Gasteiger partial charge in [-0.1, -0.05) is 0 Å². The molecule has 96 valence electrons. The van der Waals surface area contributed by atoms with Gasteiger partial charge in [0.1, 0.15) is 6.04 Å². The zero-order valence-corrected chi connectivity index (χ0v) is 9.52. The summed E-state index contributed by atoms with van der Waals surface area (Å²) in [4.78, 5) is 15.0. The molecule has 0 radical (unpaired) electrons. The molecule has 0 aliphatic carbocycles. The average Bonchev–Trinajstić information content (AvgIpc) is 2.32. The molecular formula is C10H18N4O3. The van der Waals surface area contributed by atoms with Crippen LogP contribution >= 0.6 is 0 Å². The molecule has 0 aromatic heterocycles. The number of β-amino-alcohol motifs (C(OH)–C–C–N with tert-alkyl or cyclic N) is 1. The molecule has 3 unspecified atom stereocenters. The average molecular weight is 242 g/mol. The van der Waals surface area contributed by atoms with Crippen molar-refractivity contribution >= 4 is 11.9 Å². The van der Waals surface area contributed by atoms with Gasteiger partial charge in [0, 0.05) is 12.6 Å². The van der Waals surface area contributed by atoms with Gasteiger partial charge in [-0.3, -0.25) is 9.79 Å². The van der Waals surface area contributed by atoms with Gasteiger partial charge in [-0.25, -0.2) is 0 Å². The van der Waals surface area contributed by atoms with Crippen LogP contribution in [0.5, 0.6) is 0 Å². The highest BCUT2D eigenvalue weighted by molar-refractivity contribution is 5.81. The van der Waals surface area contributed by atoms with Crippen LogP contribution in [0.3, 0.4) is 0 Å². The Morgan fingerprint density at radius 2 is 2.35 bits per heavy atom. The minimum Gasteiger partial charge on any atom is -0.480 e. The summed E-state index contributed by atoms with van der Waals surface area (Å²) in [5.74, 6) is -0.156. The summed E-state index contributed by atoms with van der Waals surface area (Å²) in [5, 5.41) is 27.3. The number of aliphatic hydroxyl groups is 1. The van der Waals surface area contributed by atoms with Gasteiger partial charge in [-0.15, -0.1) is 0 Å². The summed E-state index contributed by atoms with van der Waals surface area (Å²) in [6, 6.07) is -0.380. The molecule has 1 saturated heterocycles. The number of aliphatic carboxylic acids is 1. The Hall–Kier alpha value is -1.34. The largest absolute Gasteiger partial charge is 0.480 e. The molecule has 0 aromatic rings. The van der Waals surface area contributed by atoms with Gasteiger partial charge < -0.3 is 26.2 Å². The van der Waals surface area contributed by atoms with Gasteiger partial charge in [-0.2, -0.15) is 0 Å². The summed E-state index contributed by atoms with van der Waals surface area (Å²) >= 11 is 0. The molecule has 0 saturated carbocycles. The van der Waals surface area contributed by atoms with Crippen LogP contribution in [-0.2, 0) is 4.79 Å². The zero-order chi connectivity index (χ0) is 12.3. The van der Waals surface area contributed by atoms with E-state index < -0.39 is 18.1 Å². The van der Waals surface area contributed by atoms with Crippen LogP contribution in [0.15, 0.2) is 4.99 Å². The van der Waals surface area contributed by atoms with E-state index in [1.54, 1.807) is 0 Å². The number of carbonyl (C=O) groups is 1. The number of rotatable bonds is 2. The van der Waals surface area contributed by atoms with E-state index in [9.17, 15) is 9.90 Å². The highest BCUT2D eigenvalue weighted by Crippen LogP contribution is 2.09. The molecule has 7 nitrogen and oxygen atoms in total. The second kappa shape index (κ2) is 5.33. The molecule has 2 aliphatic rings. The first-order valence-corrected chi connectivity index (χ1v) is 5.84. The van der Waals surface area contributed by atoms with E-state index >= 15 is 0 Å². The van der Waals surface area contributed by atoms with Crippen molar-refractivity contribution in [3.8, 4) is 0 Å². The lowest BCUT2D eigenvalue weighted by Crippen LogP contribution is -2.55. The molecule has 2 rings (SSSR count). The Morgan fingerprint density at radius 1 is 1.53 bits per heavy atom. The minimum atomic E-state index is -0.814. The van der Waals surface area contributed by atoms with Gasteiger partial charge in [0.25, 0.3) is 0 Å². The second-order valence-corrected chi connectivity index (χ2v) is 4.43. The van der Waals surface area contributed by atoms with Gasteiger partial charge in [0.2, 0.25) is 0 Å². The van der Waals surface area contributed by atoms with Crippen molar-refractivity contribution in [1.29, 1.82) is 0 Å². The Bertz CT molecular complexity index is 321. The smallest absolute Gasteiger partial charge is 0.320 e. The van der Waals surface area contributed by atoms with Crippen molar-refractivity contribution in [2.24, 2.45) is 4.99 Å². The van der Waals surface area contributed by atoms with Crippen LogP contribution in [0.1, 0.15) is 12.8 Å². The van der Waals surface area contributed by atoms with Crippen molar-refractivity contribution < 1.29 is 15.0 Å². The van der Waals surface area contributed by atoms with E-state index in [0.29, 0.717) is 32.0 Å². The van der Waals surface area contributed by atoms with Gasteiger partial charge >= 0.3 is 5.97 Å². The molecule has 7 heteroatoms. The standard InChI is InChI=1S/C10H18N4O3/c15-7-4-12-10(13-5-7)14-6-1-2-11-8(3-6)9(16)17/h6-8,11,15H,1-5H2,(H,16,17)(H2,12,13,14). The van der Waals surface area contributed by atoms with E-state index in [-0.39, 0.29) is 6.04 Å². The van der Waals surface area contributed by atoms with E-state index in [1.807, 2.05) is 0 Å². The van der Waals surface area contributed by atoms with Crippen LogP contribution < -0.4 is 16.0 Å². The van der Waals surface area contributed by atoms with Crippen molar-refractivity contribution in [3.63, 3.8) is 0 Å². The van der Waals surface area contributed by atoms with Crippen molar-refractivity contribution in [1.82, 2.24) is 16.0 Å². The van der Waals surface area contributed by atoms with E-state index in [0.717, 1.165) is 6.42 Å². The number of carboxylic acids is 1. The molecule has 0 aromatic carbocycles. The number of carboxylic acid groups (broad SMARTS) is 1. The van der Waals surface area contributed by atoms with Crippen LogP contribution in [0.25, 0.3) is 0 Å². The van der Waals surface area contributed by atoms with Gasteiger partial charge in [0.15, 0.2) is 5.96 Å². The monoisotopic (exact) mass is 242 g/mol. The fourth-order valence-electron chi connectivity index (χ4n) is 2.06. The van der Waals surface area contributed by atoms with Gasteiger partial charge in [0.05, 0.1) is 12.6 Å². The maximum atomic E-state index is 10.9. The van der Waals surface area contributed by atoms with Crippen LogP contribution in [0, 0.1) is 0 Å². The van der Waals surface area contributed by atoms with Gasteiger partial charge in [-0.05, 0) is 19.4 Å². The summed E-state index contributed by atoms with van der Waals surface area (Å²) in [6.45, 7) is 1.56. The predicted octanol–water partition coefficient (Wildman–Crippen LogP) is -1.90. The highest BCUT2D eigenvalue weighted by atomic mass is 16.4. The predicted molar refractivity (Wildman–Crippen MR) is 61.9 cm³/mol. The number of hydrogen-bond donors (Lipinski definition) is 5. The number of guanidine groups is 1. The Labute approximate surface area is 99.3 Å². The minimum absolute atomic E-state index is 0.110. The maximum Gasteiger partial charge on any atom is 0.320 e. The Kier molecular flexibility index (Phi) is 3.80. The SMILES string of the molecule is O=C(O)C1CC(NC2=NCC(O)CN2)CCN1. The van der Waals surface area contributed by atoms with E-state index in [1.165, 1.54) is 0 Å². The first-order chi connectivity index (χ1) is 8.15. The molecule has 0 bridgehead atoms. The number of nitrogens with zero attached hydrogens (tertiary/aromatic N) is 1. The molecule has 1 fully saturated rings. The lowest BCUT2D eigenvalue weighted by atomic mass is 9.99. The molecule has 0 amide bonds. The molecule has 3 atom stereocenters. The van der Waals surface area contributed by atoms with Crippen LogP contribution in [0.2, 0.25) is 0 Å². The zero-order valence-electron chi connectivity index (χ0n) is 9.52. The van der Waals surface area contributed by atoms with E-state index in [2.05, 4.69) is 20.9 Å². The number of nitrogens with one attached hydrogen (secondary N) is 3. The summed E-state index contributed by atoms with van der Waals surface area (Å²) in [6.07, 6.45) is 0.978. The normalized spacial score (nSPS) is 33.5. The van der Waals surface area contributed by atoms with Crippen molar-refractivity contribution in [3.05, 3.63) is 0 Å². The second-order valence-electron chi connectivity index (χ2n) is 4.43. The van der Waals surface area contributed by atoms with Crippen LogP contribution in [-0.4, -0.2) is 60.0 Å². The first-order valence-electron chi connectivity index (χ1n) is 5.84. The Morgan fingerprint density at radius 3 is 3.00 bits per heavy atom. The number of hydrogen-bond acceptors (Lipinski definition) is 6. The quantitative estimate of drug-likeness (QED) is 0.387. The fourth-order valence-corrected chi connectivity index (χ4v) is 2.06. The van der Waals surface area contributed by atoms with Crippen LogP contribution in [0.4, 0.5) is 0 Å². The third-order valence-corrected chi connectivity index (χ3v) is 3.01. The number of aliphatic imine (C=N–C) groups is 1. The molecule has 0 spiro atoms. The number of piperidine rings is 1. The Balaban J connectivity index is 1.84. The summed E-state index contributed by atoms with van der Waals surface area (Å²) in [5.41, 5.74) is 0. The third-order valence-electron chi connectivity index (χ3n) is 3.01. The molecule has 2 aliphatic heterocycles. The molecule has 2 heterocycles. The molecule has 5 N–H and O–H groups in total. The topological polar surface area (TPSA) is 106 Å². The van der Waals surface area contributed by atoms with E-state index in [4.69, 9.17) is 5.11 Å². The lowest BCUT2D eigenvalue weighted by Gasteiger charge is -2.31. The third kappa shape index (κ3) is 3.31. The molecule has 17 heavy (non-hydrogen) atoms. The first kappa shape index (κ1) is 12.1. The summed E-state index contributed by atoms with van der Waals surface area (Å²) < 4.78 is 0. The van der Waals surface area contributed by atoms with Crippen molar-refractivity contribution in [2.75, 3.05) is 19.6 Å². The number of aliphatic hydroxyl groups excluding tert-OH is 1. The molecular weight excluding hydrogens is 224 g/mol. The summed E-state index contributed by atoms with van der Waals surface area (Å²) in [7, 11) is 0. The lowest BCUT2D eigenvalue weighted by molar-refractivity contribution is -0.140.